The van der Waals surface area contributed by atoms with Crippen LogP contribution in [0, 0.1) is 0 Å². The SMILES string of the molecule is O=C(Cc1ccc(-c2ccc(C(O)c3ccccc3)nc2)cc1)c1oc(-c2ccccc2)nc1C(F)(F)F. The maximum absolute atomic E-state index is 13.6. The molecule has 5 rings (SSSR count). The fraction of sp³-hybridized carbons (Fsp3) is 0.100. The van der Waals surface area contributed by atoms with Gasteiger partial charge in [-0.05, 0) is 34.9 Å². The molecule has 0 saturated carbocycles. The Hall–Kier alpha value is -4.56. The van der Waals surface area contributed by atoms with E-state index < -0.39 is 29.5 Å². The van der Waals surface area contributed by atoms with Crippen LogP contribution in [0.3, 0.4) is 0 Å². The molecule has 8 heteroatoms. The van der Waals surface area contributed by atoms with Crippen molar-refractivity contribution in [3.8, 4) is 22.6 Å². The molecule has 190 valence electrons. The lowest BCUT2D eigenvalue weighted by molar-refractivity contribution is -0.141. The molecule has 0 amide bonds. The number of oxazole rings is 1. The number of rotatable bonds is 7. The Kier molecular flexibility index (Phi) is 6.89. The number of hydrogen-bond acceptors (Lipinski definition) is 5. The molecule has 5 nitrogen and oxygen atoms in total. The number of aliphatic hydroxyl groups is 1. The van der Waals surface area contributed by atoms with Gasteiger partial charge in [0.2, 0.25) is 17.4 Å². The van der Waals surface area contributed by atoms with E-state index in [2.05, 4.69) is 9.97 Å². The van der Waals surface area contributed by atoms with Crippen molar-refractivity contribution in [1.82, 2.24) is 9.97 Å². The van der Waals surface area contributed by atoms with Crippen LogP contribution in [0.15, 0.2) is 108 Å². The van der Waals surface area contributed by atoms with Gasteiger partial charge in [0, 0.05) is 23.7 Å². The number of alkyl halides is 3. The summed E-state index contributed by atoms with van der Waals surface area (Å²) >= 11 is 0. The third-order valence-corrected chi connectivity index (χ3v) is 6.00. The maximum atomic E-state index is 13.6. The number of nitrogens with zero attached hydrogens (tertiary/aromatic N) is 2. The van der Waals surface area contributed by atoms with E-state index in [-0.39, 0.29) is 12.3 Å². The van der Waals surface area contributed by atoms with Gasteiger partial charge in [0.25, 0.3) is 0 Å². The Morgan fingerprint density at radius 3 is 2.05 bits per heavy atom. The molecule has 0 spiro atoms. The van der Waals surface area contributed by atoms with Gasteiger partial charge in [-0.1, -0.05) is 78.9 Å². The molecule has 1 N–H and O–H groups in total. The van der Waals surface area contributed by atoms with Crippen LogP contribution in [0.5, 0.6) is 0 Å². The van der Waals surface area contributed by atoms with Crippen LogP contribution in [0.1, 0.15) is 39.2 Å². The number of benzene rings is 3. The molecule has 0 bridgehead atoms. The molecule has 0 aliphatic carbocycles. The van der Waals surface area contributed by atoms with Crippen LogP contribution in [-0.4, -0.2) is 20.9 Å². The molecule has 2 heterocycles. The monoisotopic (exact) mass is 514 g/mol. The van der Waals surface area contributed by atoms with Crippen LogP contribution in [0.2, 0.25) is 0 Å². The lowest BCUT2D eigenvalue weighted by Gasteiger charge is -2.11. The molecule has 1 unspecified atom stereocenters. The molecule has 3 aromatic carbocycles. The number of halogens is 3. The number of carbonyl (C=O) groups is 1. The topological polar surface area (TPSA) is 76.2 Å². The summed E-state index contributed by atoms with van der Waals surface area (Å²) in [6.45, 7) is 0. The highest BCUT2D eigenvalue weighted by Crippen LogP contribution is 2.35. The Bertz CT molecular complexity index is 1530. The van der Waals surface area contributed by atoms with Gasteiger partial charge in [-0.15, -0.1) is 0 Å². The summed E-state index contributed by atoms with van der Waals surface area (Å²) in [7, 11) is 0. The predicted octanol–water partition coefficient (Wildman–Crippen LogP) is 6.93. The standard InChI is InChI=1S/C30H21F3N2O3/c31-30(32,33)28-27(38-29(35-28)22-9-5-2-6-10-22)25(36)17-19-11-13-20(14-12-19)23-15-16-24(34-18-23)26(37)21-7-3-1-4-8-21/h1-16,18,26,37H,17H2. The number of hydrogen-bond donors (Lipinski definition) is 1. The summed E-state index contributed by atoms with van der Waals surface area (Å²) in [5.74, 6) is -1.89. The molecule has 1 atom stereocenters. The van der Waals surface area contributed by atoms with Crippen molar-refractivity contribution in [2.24, 2.45) is 0 Å². The smallest absolute Gasteiger partial charge is 0.432 e. The van der Waals surface area contributed by atoms with E-state index >= 15 is 0 Å². The number of ketones is 1. The Balaban J connectivity index is 1.32. The van der Waals surface area contributed by atoms with Crippen molar-refractivity contribution < 1.29 is 27.5 Å². The van der Waals surface area contributed by atoms with E-state index in [9.17, 15) is 23.1 Å². The highest BCUT2D eigenvalue weighted by molar-refractivity contribution is 5.96. The number of aliphatic hydroxyl groups excluding tert-OH is 1. The minimum absolute atomic E-state index is 0.259. The average molecular weight is 515 g/mol. The van der Waals surface area contributed by atoms with Crippen molar-refractivity contribution in [3.63, 3.8) is 0 Å². The third-order valence-electron chi connectivity index (χ3n) is 6.00. The molecule has 0 aliphatic heterocycles. The van der Waals surface area contributed by atoms with E-state index in [0.29, 0.717) is 16.8 Å². The van der Waals surface area contributed by atoms with Gasteiger partial charge in [0.05, 0.1) is 5.69 Å². The summed E-state index contributed by atoms with van der Waals surface area (Å²) in [6, 6.07) is 27.7. The van der Waals surface area contributed by atoms with Gasteiger partial charge < -0.3 is 9.52 Å². The van der Waals surface area contributed by atoms with Gasteiger partial charge in [-0.25, -0.2) is 4.98 Å². The fourth-order valence-electron chi connectivity index (χ4n) is 4.03. The van der Waals surface area contributed by atoms with Crippen LogP contribution in [0.25, 0.3) is 22.6 Å². The number of Topliss-reactive ketones (excluding diaryl/α,β-unsaturated/α-hetero) is 1. The second-order valence-electron chi connectivity index (χ2n) is 8.64. The zero-order valence-electron chi connectivity index (χ0n) is 19.9. The third kappa shape index (κ3) is 5.40. The molecule has 38 heavy (non-hydrogen) atoms. The van der Waals surface area contributed by atoms with Crippen molar-refractivity contribution in [3.05, 3.63) is 132 Å². The number of pyridine rings is 1. The first-order valence-corrected chi connectivity index (χ1v) is 11.7. The highest BCUT2D eigenvalue weighted by Gasteiger charge is 2.41. The lowest BCUT2D eigenvalue weighted by atomic mass is 10.0. The van der Waals surface area contributed by atoms with Crippen molar-refractivity contribution in [2.75, 3.05) is 0 Å². The Morgan fingerprint density at radius 1 is 0.816 bits per heavy atom. The molecule has 2 aromatic heterocycles. The summed E-state index contributed by atoms with van der Waals surface area (Å²) in [6.07, 6.45) is -4.33. The predicted molar refractivity (Wildman–Crippen MR) is 135 cm³/mol. The second-order valence-corrected chi connectivity index (χ2v) is 8.64. The molecule has 0 saturated heterocycles. The first-order chi connectivity index (χ1) is 18.3. The second kappa shape index (κ2) is 10.4. The fourth-order valence-corrected chi connectivity index (χ4v) is 4.03. The van der Waals surface area contributed by atoms with Crippen LogP contribution < -0.4 is 0 Å². The van der Waals surface area contributed by atoms with Crippen LogP contribution in [0.4, 0.5) is 13.2 Å². The largest absolute Gasteiger partial charge is 0.437 e. The maximum Gasteiger partial charge on any atom is 0.437 e. The summed E-state index contributed by atoms with van der Waals surface area (Å²) in [5.41, 5.74) is 2.36. The molecular weight excluding hydrogens is 493 g/mol. The van der Waals surface area contributed by atoms with E-state index in [1.807, 2.05) is 36.4 Å². The molecule has 0 aliphatic rings. The van der Waals surface area contributed by atoms with E-state index in [0.717, 1.165) is 16.7 Å². The van der Waals surface area contributed by atoms with Gasteiger partial charge in [-0.2, -0.15) is 13.2 Å². The summed E-state index contributed by atoms with van der Waals surface area (Å²) in [5, 5.41) is 10.5. The van der Waals surface area contributed by atoms with E-state index in [1.165, 1.54) is 0 Å². The summed E-state index contributed by atoms with van der Waals surface area (Å²) in [4.78, 5) is 20.8. The zero-order valence-corrected chi connectivity index (χ0v) is 19.9. The summed E-state index contributed by atoms with van der Waals surface area (Å²) < 4.78 is 46.1. The molecule has 5 aromatic rings. The van der Waals surface area contributed by atoms with Gasteiger partial charge in [0.15, 0.2) is 5.69 Å². The van der Waals surface area contributed by atoms with Crippen molar-refractivity contribution in [2.45, 2.75) is 18.7 Å². The van der Waals surface area contributed by atoms with Crippen LogP contribution >= 0.6 is 0 Å². The Labute approximate surface area is 216 Å². The molecule has 0 radical (unpaired) electrons. The molecular formula is C30H21F3N2O3. The first-order valence-electron chi connectivity index (χ1n) is 11.7. The first kappa shape index (κ1) is 25.1. The normalized spacial score (nSPS) is 12.3. The zero-order chi connectivity index (χ0) is 26.7. The van der Waals surface area contributed by atoms with Gasteiger partial charge in [0.1, 0.15) is 6.10 Å². The van der Waals surface area contributed by atoms with Gasteiger partial charge in [-0.3, -0.25) is 9.78 Å². The minimum atomic E-state index is -4.83. The average Bonchev–Trinajstić information content (AvgIpc) is 3.41. The minimum Gasteiger partial charge on any atom is -0.432 e. The number of aromatic nitrogens is 2. The quantitative estimate of drug-likeness (QED) is 0.238. The molecule has 0 fully saturated rings. The highest BCUT2D eigenvalue weighted by atomic mass is 19.4. The Morgan fingerprint density at radius 2 is 1.45 bits per heavy atom. The van der Waals surface area contributed by atoms with Crippen molar-refractivity contribution >= 4 is 5.78 Å². The number of carbonyl (C=O) groups excluding carboxylic acids is 1. The van der Waals surface area contributed by atoms with E-state index in [4.69, 9.17) is 4.42 Å². The lowest BCUT2D eigenvalue weighted by Crippen LogP contribution is -2.13. The van der Waals surface area contributed by atoms with E-state index in [1.54, 1.807) is 66.9 Å². The van der Waals surface area contributed by atoms with Gasteiger partial charge >= 0.3 is 6.18 Å². The van der Waals surface area contributed by atoms with Crippen LogP contribution in [-0.2, 0) is 12.6 Å². The van der Waals surface area contributed by atoms with Crippen molar-refractivity contribution in [1.29, 1.82) is 0 Å².